The number of hydrogen-bond donors (Lipinski definition) is 1. The van der Waals surface area contributed by atoms with Gasteiger partial charge in [0.15, 0.2) is 0 Å². The first-order valence-corrected chi connectivity index (χ1v) is 11.8. The number of hydrogen-bond acceptors (Lipinski definition) is 6. The van der Waals surface area contributed by atoms with E-state index in [1.807, 2.05) is 74.4 Å². The number of nitrogens with zero attached hydrogens (tertiary/aromatic N) is 3. The van der Waals surface area contributed by atoms with Gasteiger partial charge in [-0.15, -0.1) is 11.6 Å². The summed E-state index contributed by atoms with van der Waals surface area (Å²) in [5.41, 5.74) is 5.28. The first-order valence-electron chi connectivity index (χ1n) is 9.42. The molecule has 30 heavy (non-hydrogen) atoms. The van der Waals surface area contributed by atoms with Gasteiger partial charge in [-0.05, 0) is 42.0 Å². The Hall–Kier alpha value is -2.34. The van der Waals surface area contributed by atoms with Crippen molar-refractivity contribution in [3.63, 3.8) is 0 Å². The summed E-state index contributed by atoms with van der Waals surface area (Å²) in [6.07, 6.45) is 1.22. The Balaban J connectivity index is 2.06. The molecule has 2 rings (SSSR count). The lowest BCUT2D eigenvalue weighted by molar-refractivity contribution is -0.118. The Labute approximate surface area is 183 Å². The summed E-state index contributed by atoms with van der Waals surface area (Å²) in [6, 6.07) is 14.8. The minimum absolute atomic E-state index is 0.0863. The molecule has 0 bridgehead atoms. The molecular weight excluding hydrogens is 423 g/mol. The van der Waals surface area contributed by atoms with E-state index >= 15 is 0 Å². The van der Waals surface area contributed by atoms with Gasteiger partial charge in [-0.1, -0.05) is 12.1 Å². The highest BCUT2D eigenvalue weighted by molar-refractivity contribution is 7.67. The van der Waals surface area contributed by atoms with Gasteiger partial charge in [0.2, 0.25) is 13.3 Å². The molecule has 1 atom stereocenters. The van der Waals surface area contributed by atoms with Gasteiger partial charge in [0.1, 0.15) is 6.16 Å². The van der Waals surface area contributed by atoms with Gasteiger partial charge in [-0.2, -0.15) is 5.10 Å². The van der Waals surface area contributed by atoms with Gasteiger partial charge < -0.3 is 14.3 Å². The lowest BCUT2D eigenvalue weighted by Gasteiger charge is -2.19. The maximum Gasteiger partial charge on any atom is 0.250 e. The van der Waals surface area contributed by atoms with E-state index in [0.29, 0.717) is 5.30 Å². The second-order valence-corrected chi connectivity index (χ2v) is 9.86. The summed E-state index contributed by atoms with van der Waals surface area (Å²) in [7, 11) is 4.33. The molecule has 0 saturated heterocycles. The van der Waals surface area contributed by atoms with Crippen molar-refractivity contribution in [1.82, 2.24) is 5.43 Å². The standard InChI is InChI=1S/C21H28ClN4O3P/c1-25(2)18-7-5-17(6-8-18)15-23-24-21(27)16-30(28,29-14-13-22)20-11-9-19(10-12-20)26(3)4/h5-12,15H,13-14,16H2,1-4H3,(H,24,27)/b23-15+. The van der Waals surface area contributed by atoms with E-state index < -0.39 is 13.3 Å². The number of anilines is 2. The third-order valence-electron chi connectivity index (χ3n) is 4.30. The first kappa shape index (κ1) is 23.9. The largest absolute Gasteiger partial charge is 0.378 e. The van der Waals surface area contributed by atoms with Crippen LogP contribution >= 0.6 is 19.0 Å². The number of rotatable bonds is 10. The molecule has 2 aromatic carbocycles. The maximum absolute atomic E-state index is 13.4. The molecule has 0 aromatic heterocycles. The quantitative estimate of drug-likeness (QED) is 0.260. The van der Waals surface area contributed by atoms with E-state index in [-0.39, 0.29) is 18.6 Å². The Bertz CT molecular complexity index is 899. The van der Waals surface area contributed by atoms with Crippen LogP contribution in [-0.2, 0) is 13.9 Å². The summed E-state index contributed by atoms with van der Waals surface area (Å²) in [4.78, 5) is 16.3. The summed E-state index contributed by atoms with van der Waals surface area (Å²) in [5.74, 6) is -0.312. The fraction of sp³-hybridized carbons (Fsp3) is 0.333. The van der Waals surface area contributed by atoms with Crippen molar-refractivity contribution >= 4 is 47.8 Å². The predicted octanol–water partition coefficient (Wildman–Crippen LogP) is 3.13. The molecule has 0 spiro atoms. The number of alkyl halides is 1. The van der Waals surface area contributed by atoms with Crippen molar-refractivity contribution in [3.8, 4) is 0 Å². The third kappa shape index (κ3) is 6.87. The van der Waals surface area contributed by atoms with Crippen LogP contribution in [0.3, 0.4) is 0 Å². The molecule has 1 amide bonds. The van der Waals surface area contributed by atoms with Crippen molar-refractivity contribution in [2.45, 2.75) is 0 Å². The van der Waals surface area contributed by atoms with Crippen molar-refractivity contribution in [2.75, 3.05) is 56.6 Å². The Kier molecular flexibility index (Phi) is 8.90. The number of carbonyl (C=O) groups excluding carboxylic acids is 1. The molecule has 0 aliphatic heterocycles. The van der Waals surface area contributed by atoms with E-state index in [9.17, 15) is 9.36 Å². The highest BCUT2D eigenvalue weighted by Gasteiger charge is 2.29. The summed E-state index contributed by atoms with van der Waals surface area (Å²) in [5, 5.41) is 4.43. The van der Waals surface area contributed by atoms with Crippen molar-refractivity contribution < 1.29 is 13.9 Å². The van der Waals surface area contributed by atoms with Crippen LogP contribution < -0.4 is 20.5 Å². The van der Waals surface area contributed by atoms with Crippen LogP contribution in [0, 0.1) is 0 Å². The van der Waals surface area contributed by atoms with Crippen molar-refractivity contribution in [2.24, 2.45) is 5.10 Å². The molecular formula is C21H28ClN4O3P. The number of hydrazone groups is 1. The molecule has 9 heteroatoms. The number of halogens is 1. The molecule has 2 aromatic rings. The minimum atomic E-state index is -3.42. The topological polar surface area (TPSA) is 74.2 Å². The van der Waals surface area contributed by atoms with E-state index in [1.54, 1.807) is 12.1 Å². The molecule has 0 aliphatic rings. The molecule has 7 nitrogen and oxygen atoms in total. The van der Waals surface area contributed by atoms with Crippen molar-refractivity contribution in [1.29, 1.82) is 0 Å². The smallest absolute Gasteiger partial charge is 0.250 e. The highest BCUT2D eigenvalue weighted by atomic mass is 35.5. The SMILES string of the molecule is CN(C)c1ccc(/C=N/NC(=O)CP(=O)(OCCCl)c2ccc(N(C)C)cc2)cc1. The Morgan fingerprint density at radius 2 is 1.57 bits per heavy atom. The summed E-state index contributed by atoms with van der Waals surface area (Å²) < 4.78 is 18.9. The highest BCUT2D eigenvalue weighted by Crippen LogP contribution is 2.45. The lowest BCUT2D eigenvalue weighted by atomic mass is 10.2. The van der Waals surface area contributed by atoms with Crippen LogP contribution in [0.25, 0.3) is 0 Å². The maximum atomic E-state index is 13.4. The van der Waals surface area contributed by atoms with Crippen LogP contribution in [0.2, 0.25) is 0 Å². The van der Waals surface area contributed by atoms with Gasteiger partial charge in [0.05, 0.1) is 12.8 Å². The average Bonchev–Trinajstić information content (AvgIpc) is 2.72. The first-order chi connectivity index (χ1) is 14.2. The van der Waals surface area contributed by atoms with Crippen LogP contribution in [0.5, 0.6) is 0 Å². The fourth-order valence-electron chi connectivity index (χ4n) is 2.63. The number of carbonyl (C=O) groups is 1. The Morgan fingerprint density at radius 3 is 2.07 bits per heavy atom. The lowest BCUT2D eigenvalue weighted by Crippen LogP contribution is -2.25. The average molecular weight is 451 g/mol. The van der Waals surface area contributed by atoms with E-state index in [0.717, 1.165) is 16.9 Å². The van der Waals surface area contributed by atoms with Gasteiger partial charge in [0, 0.05) is 50.8 Å². The molecule has 162 valence electrons. The number of benzene rings is 2. The zero-order chi connectivity index (χ0) is 22.1. The molecule has 0 saturated carbocycles. The van der Waals surface area contributed by atoms with Crippen LogP contribution in [0.15, 0.2) is 53.6 Å². The normalized spacial score (nSPS) is 13.1. The minimum Gasteiger partial charge on any atom is -0.378 e. The number of nitrogens with one attached hydrogen (secondary N) is 1. The van der Waals surface area contributed by atoms with Gasteiger partial charge >= 0.3 is 0 Å². The Morgan fingerprint density at radius 1 is 1.03 bits per heavy atom. The molecule has 0 fully saturated rings. The van der Waals surface area contributed by atoms with E-state index in [2.05, 4.69) is 10.5 Å². The van der Waals surface area contributed by atoms with Crippen LogP contribution in [0.1, 0.15) is 5.56 Å². The number of amides is 1. The molecule has 1 N–H and O–H groups in total. The molecule has 1 unspecified atom stereocenters. The van der Waals surface area contributed by atoms with Gasteiger partial charge in [-0.25, -0.2) is 5.43 Å². The molecule has 0 heterocycles. The van der Waals surface area contributed by atoms with Crippen LogP contribution in [0.4, 0.5) is 11.4 Å². The third-order valence-corrected chi connectivity index (χ3v) is 6.84. The van der Waals surface area contributed by atoms with Crippen LogP contribution in [-0.4, -0.2) is 59.0 Å². The summed E-state index contributed by atoms with van der Waals surface area (Å²) in [6.45, 7) is 0.0863. The second-order valence-electron chi connectivity index (χ2n) is 7.04. The molecule has 0 aliphatic carbocycles. The van der Waals surface area contributed by atoms with Gasteiger partial charge in [-0.3, -0.25) is 9.36 Å². The zero-order valence-electron chi connectivity index (χ0n) is 17.7. The molecule has 0 radical (unpaired) electrons. The van der Waals surface area contributed by atoms with Gasteiger partial charge in [0.25, 0.3) is 0 Å². The van der Waals surface area contributed by atoms with E-state index in [1.165, 1.54) is 6.21 Å². The van der Waals surface area contributed by atoms with Crippen molar-refractivity contribution in [3.05, 3.63) is 54.1 Å². The zero-order valence-corrected chi connectivity index (χ0v) is 19.4. The second kappa shape index (κ2) is 11.2. The van der Waals surface area contributed by atoms with E-state index in [4.69, 9.17) is 16.1 Å². The monoisotopic (exact) mass is 450 g/mol. The predicted molar refractivity (Wildman–Crippen MR) is 126 cm³/mol. The summed E-state index contributed by atoms with van der Waals surface area (Å²) >= 11 is 5.70. The fourth-order valence-corrected chi connectivity index (χ4v) is 4.68.